The lowest BCUT2D eigenvalue weighted by Crippen LogP contribution is -2.43. The van der Waals surface area contributed by atoms with Crippen molar-refractivity contribution in [1.82, 2.24) is 25.8 Å². The maximum Gasteiger partial charge on any atom is 0.325 e. The summed E-state index contributed by atoms with van der Waals surface area (Å²) in [4.78, 5) is 35.5. The van der Waals surface area contributed by atoms with Crippen molar-refractivity contribution in [3.8, 4) is 0 Å². The predicted octanol–water partition coefficient (Wildman–Crippen LogP) is 1.52. The van der Waals surface area contributed by atoms with Crippen molar-refractivity contribution in [2.75, 3.05) is 26.7 Å². The van der Waals surface area contributed by atoms with E-state index in [2.05, 4.69) is 32.9 Å². The van der Waals surface area contributed by atoms with Crippen LogP contribution >= 0.6 is 11.3 Å². The quantitative estimate of drug-likeness (QED) is 0.255. The Hall–Kier alpha value is -2.16. The van der Waals surface area contributed by atoms with Gasteiger partial charge in [-0.25, -0.2) is 9.78 Å². The first-order valence-electron chi connectivity index (χ1n) is 9.45. The number of nitrogens with one attached hydrogen (secondary N) is 3. The highest BCUT2D eigenvalue weighted by Crippen LogP contribution is 2.20. The molecule has 0 bridgehead atoms. The number of thiazole rings is 1. The van der Waals surface area contributed by atoms with Crippen LogP contribution in [0.5, 0.6) is 0 Å². The third-order valence-electron chi connectivity index (χ3n) is 4.71. The summed E-state index contributed by atoms with van der Waals surface area (Å²) in [5, 5.41) is 10.4. The van der Waals surface area contributed by atoms with Crippen LogP contribution in [0, 0.1) is 0 Å². The highest BCUT2D eigenvalue weighted by atomic mass is 32.1. The first kappa shape index (κ1) is 21.1. The van der Waals surface area contributed by atoms with Gasteiger partial charge in [-0.3, -0.25) is 14.7 Å². The van der Waals surface area contributed by atoms with Gasteiger partial charge in [-0.15, -0.1) is 11.3 Å². The number of aromatic nitrogens is 1. The fraction of sp³-hybridized carbons (Fsp3) is 0.667. The summed E-state index contributed by atoms with van der Waals surface area (Å²) in [6.45, 7) is 7.55. The van der Waals surface area contributed by atoms with Gasteiger partial charge >= 0.3 is 6.03 Å². The topological polar surface area (TPSA) is 98.7 Å². The molecule has 1 aliphatic rings. The van der Waals surface area contributed by atoms with Crippen LogP contribution in [-0.4, -0.2) is 60.0 Å². The third kappa shape index (κ3) is 5.41. The number of amides is 3. The molecule has 1 atom stereocenters. The molecule has 1 aromatic heterocycles. The zero-order valence-corrected chi connectivity index (χ0v) is 17.4. The summed E-state index contributed by atoms with van der Waals surface area (Å²) < 4.78 is 0. The van der Waals surface area contributed by atoms with Gasteiger partial charge in [-0.05, 0) is 26.2 Å². The fourth-order valence-electron chi connectivity index (χ4n) is 2.77. The second-order valence-electron chi connectivity index (χ2n) is 6.68. The standard InChI is InChI=1S/C18H30N6O2S/c1-5-13-12-22-14(27-13)8-10-21-16(19-4)20-9-7-11-24-15(25)18(3,6-2)23-17(24)26/h12H,5-11H2,1-4H3,(H,23,26)(H2,19,20,21). The second kappa shape index (κ2) is 9.68. The summed E-state index contributed by atoms with van der Waals surface area (Å²) in [7, 11) is 1.72. The van der Waals surface area contributed by atoms with Crippen LogP contribution in [0.25, 0.3) is 0 Å². The van der Waals surface area contributed by atoms with E-state index in [-0.39, 0.29) is 11.9 Å². The molecule has 3 N–H and O–H groups in total. The van der Waals surface area contributed by atoms with Crippen molar-refractivity contribution >= 4 is 29.2 Å². The van der Waals surface area contributed by atoms with Gasteiger partial charge in [-0.1, -0.05) is 13.8 Å². The van der Waals surface area contributed by atoms with E-state index in [1.54, 1.807) is 25.3 Å². The maximum absolute atomic E-state index is 12.3. The van der Waals surface area contributed by atoms with Gasteiger partial charge in [0.25, 0.3) is 5.91 Å². The molecular weight excluding hydrogens is 364 g/mol. The van der Waals surface area contributed by atoms with Crippen LogP contribution in [0.4, 0.5) is 4.79 Å². The SMILES string of the molecule is CCc1cnc(CCNC(=NC)NCCCN2C(=O)NC(C)(CC)C2=O)s1. The molecule has 0 radical (unpaired) electrons. The number of aliphatic imine (C=N–C) groups is 1. The number of imide groups is 1. The molecule has 3 amide bonds. The van der Waals surface area contributed by atoms with Crippen LogP contribution in [0.15, 0.2) is 11.2 Å². The van der Waals surface area contributed by atoms with E-state index in [0.29, 0.717) is 31.9 Å². The minimum atomic E-state index is -0.768. The number of carbonyl (C=O) groups excluding carboxylic acids is 2. The molecule has 1 unspecified atom stereocenters. The molecule has 0 aliphatic carbocycles. The third-order valence-corrected chi connectivity index (χ3v) is 5.91. The van der Waals surface area contributed by atoms with Crippen molar-refractivity contribution in [2.24, 2.45) is 4.99 Å². The lowest BCUT2D eigenvalue weighted by atomic mass is 9.99. The van der Waals surface area contributed by atoms with E-state index in [0.717, 1.165) is 24.4 Å². The van der Waals surface area contributed by atoms with Crippen molar-refractivity contribution in [2.45, 2.75) is 52.0 Å². The lowest BCUT2D eigenvalue weighted by Gasteiger charge is -2.19. The lowest BCUT2D eigenvalue weighted by molar-refractivity contribution is -0.130. The Kier molecular flexibility index (Phi) is 7.58. The van der Waals surface area contributed by atoms with Crippen molar-refractivity contribution in [1.29, 1.82) is 0 Å². The normalized spacial score (nSPS) is 20.1. The number of carbonyl (C=O) groups is 2. The number of urea groups is 1. The van der Waals surface area contributed by atoms with Gasteiger partial charge in [-0.2, -0.15) is 0 Å². The number of nitrogens with zero attached hydrogens (tertiary/aromatic N) is 3. The van der Waals surface area contributed by atoms with Gasteiger partial charge in [0.1, 0.15) is 5.54 Å². The molecule has 1 aromatic rings. The Bertz CT molecular complexity index is 689. The van der Waals surface area contributed by atoms with Crippen molar-refractivity contribution in [3.05, 3.63) is 16.1 Å². The van der Waals surface area contributed by atoms with Gasteiger partial charge in [0.05, 0.1) is 5.01 Å². The zero-order chi connectivity index (χ0) is 19.9. The summed E-state index contributed by atoms with van der Waals surface area (Å²) in [5.41, 5.74) is -0.768. The molecular formula is C18H30N6O2S. The van der Waals surface area contributed by atoms with Crippen molar-refractivity contribution in [3.63, 3.8) is 0 Å². The van der Waals surface area contributed by atoms with E-state index < -0.39 is 5.54 Å². The molecule has 2 heterocycles. The average molecular weight is 395 g/mol. The molecule has 9 heteroatoms. The van der Waals surface area contributed by atoms with E-state index in [1.807, 2.05) is 13.1 Å². The van der Waals surface area contributed by atoms with E-state index in [4.69, 9.17) is 0 Å². The molecule has 8 nitrogen and oxygen atoms in total. The summed E-state index contributed by atoms with van der Waals surface area (Å²) in [5.74, 6) is 0.560. The number of aryl methyl sites for hydroxylation is 1. The molecule has 1 saturated heterocycles. The van der Waals surface area contributed by atoms with E-state index >= 15 is 0 Å². The monoisotopic (exact) mass is 394 g/mol. The highest BCUT2D eigenvalue weighted by molar-refractivity contribution is 7.11. The Balaban J connectivity index is 1.67. The Morgan fingerprint density at radius 1 is 1.33 bits per heavy atom. The van der Waals surface area contributed by atoms with Crippen LogP contribution in [0.3, 0.4) is 0 Å². The first-order valence-corrected chi connectivity index (χ1v) is 10.3. The minimum absolute atomic E-state index is 0.146. The largest absolute Gasteiger partial charge is 0.356 e. The van der Waals surface area contributed by atoms with Gasteiger partial charge in [0.15, 0.2) is 5.96 Å². The van der Waals surface area contributed by atoms with Gasteiger partial charge in [0.2, 0.25) is 0 Å². The summed E-state index contributed by atoms with van der Waals surface area (Å²) in [6.07, 6.45) is 5.05. The van der Waals surface area contributed by atoms with E-state index in [9.17, 15) is 9.59 Å². The van der Waals surface area contributed by atoms with Crippen LogP contribution in [0.1, 0.15) is 43.5 Å². The highest BCUT2D eigenvalue weighted by Gasteiger charge is 2.45. The van der Waals surface area contributed by atoms with Gasteiger partial charge < -0.3 is 16.0 Å². The maximum atomic E-state index is 12.3. The minimum Gasteiger partial charge on any atom is -0.356 e. The van der Waals surface area contributed by atoms with Crippen LogP contribution in [-0.2, 0) is 17.6 Å². The molecule has 0 aromatic carbocycles. The molecule has 0 saturated carbocycles. The molecule has 1 aliphatic heterocycles. The fourth-order valence-corrected chi connectivity index (χ4v) is 3.63. The molecule has 1 fully saturated rings. The number of hydrogen-bond acceptors (Lipinski definition) is 5. The second-order valence-corrected chi connectivity index (χ2v) is 7.88. The summed E-state index contributed by atoms with van der Waals surface area (Å²) >= 11 is 1.74. The molecule has 0 spiro atoms. The Morgan fingerprint density at radius 3 is 2.67 bits per heavy atom. The van der Waals surface area contributed by atoms with Gasteiger partial charge in [0, 0.05) is 44.2 Å². The van der Waals surface area contributed by atoms with Crippen LogP contribution in [0.2, 0.25) is 0 Å². The van der Waals surface area contributed by atoms with Crippen molar-refractivity contribution < 1.29 is 9.59 Å². The number of guanidine groups is 1. The molecule has 2 rings (SSSR count). The smallest absolute Gasteiger partial charge is 0.325 e. The average Bonchev–Trinajstić information content (AvgIpc) is 3.21. The van der Waals surface area contributed by atoms with E-state index in [1.165, 1.54) is 9.78 Å². The molecule has 150 valence electrons. The molecule has 27 heavy (non-hydrogen) atoms. The summed E-state index contributed by atoms with van der Waals surface area (Å²) in [6, 6.07) is -0.304. The first-order chi connectivity index (χ1) is 12.9. The predicted molar refractivity (Wildman–Crippen MR) is 108 cm³/mol. The van der Waals surface area contributed by atoms with Crippen LogP contribution < -0.4 is 16.0 Å². The number of rotatable bonds is 9. The Morgan fingerprint density at radius 2 is 2.07 bits per heavy atom. The Labute approximate surface area is 164 Å². The number of hydrogen-bond donors (Lipinski definition) is 3. The zero-order valence-electron chi connectivity index (χ0n) is 16.6.